The van der Waals surface area contributed by atoms with E-state index in [9.17, 15) is 13.2 Å². The normalized spacial score (nSPS) is 14.9. The van der Waals surface area contributed by atoms with E-state index >= 15 is 0 Å². The number of hydrogen-bond acceptors (Lipinski definition) is 6. The molecular weight excluding hydrogens is 525 g/mol. The Hall–Kier alpha value is -3.70. The number of aromatic nitrogens is 4. The van der Waals surface area contributed by atoms with Gasteiger partial charge in [0.15, 0.2) is 0 Å². The lowest BCUT2D eigenvalue weighted by Gasteiger charge is -2.36. The van der Waals surface area contributed by atoms with Crippen molar-refractivity contribution in [3.8, 4) is 17.1 Å². The number of H-pyrrole nitrogens is 2. The number of aromatic amines is 2. The highest BCUT2D eigenvalue weighted by Gasteiger charge is 2.35. The van der Waals surface area contributed by atoms with Crippen molar-refractivity contribution in [3.63, 3.8) is 0 Å². The number of benzene rings is 3. The van der Waals surface area contributed by atoms with Crippen molar-refractivity contribution < 1.29 is 17.9 Å². The van der Waals surface area contributed by atoms with Gasteiger partial charge in [-0.3, -0.25) is 4.90 Å². The summed E-state index contributed by atoms with van der Waals surface area (Å²) in [7, 11) is 0. The number of fused-ring (bicyclic) bond motifs is 2. The van der Waals surface area contributed by atoms with Gasteiger partial charge < -0.3 is 19.6 Å². The lowest BCUT2D eigenvalue weighted by atomic mass is 10.2. The molecule has 1 aliphatic heterocycles. The molecule has 0 spiro atoms. The molecule has 6 rings (SSSR count). The highest BCUT2D eigenvalue weighted by Crippen LogP contribution is 2.32. The summed E-state index contributed by atoms with van der Waals surface area (Å²) in [6.07, 6.45) is -2.47. The Bertz CT molecular complexity index is 1590. The van der Waals surface area contributed by atoms with Crippen LogP contribution < -0.4 is 9.64 Å². The summed E-state index contributed by atoms with van der Waals surface area (Å²) in [5, 5.41) is 0. The Morgan fingerprint density at radius 3 is 2.31 bits per heavy atom. The fraction of sp³-hybridized carbons (Fsp3) is 0.286. The zero-order valence-corrected chi connectivity index (χ0v) is 22.1. The largest absolute Gasteiger partial charge is 0.490 e. The third kappa shape index (κ3) is 5.28. The first-order valence-corrected chi connectivity index (χ1v) is 13.9. The number of para-hydroxylation sites is 2. The van der Waals surface area contributed by atoms with Crippen LogP contribution in [-0.2, 0) is 6.18 Å². The minimum Gasteiger partial charge on any atom is -0.490 e. The Kier molecular flexibility index (Phi) is 6.86. The molecule has 0 radical (unpaired) electrons. The number of hydrogen-bond donors (Lipinski definition) is 2. The molecular formula is C28H27F3N6OS. The molecule has 0 bridgehead atoms. The molecule has 2 aromatic heterocycles. The van der Waals surface area contributed by atoms with E-state index in [-0.39, 0.29) is 5.52 Å². The van der Waals surface area contributed by atoms with E-state index in [1.165, 1.54) is 4.90 Å². The van der Waals surface area contributed by atoms with Crippen molar-refractivity contribution >= 4 is 39.5 Å². The number of thioether (sulfide) groups is 1. The van der Waals surface area contributed by atoms with Crippen molar-refractivity contribution in [1.29, 1.82) is 0 Å². The summed E-state index contributed by atoms with van der Waals surface area (Å²) in [6, 6.07) is 19.5. The number of ether oxygens (including phenoxy) is 1. The topological polar surface area (TPSA) is 73.1 Å². The highest BCUT2D eigenvalue weighted by atomic mass is 32.2. The number of rotatable bonds is 7. The fourth-order valence-electron chi connectivity index (χ4n) is 4.91. The maximum absolute atomic E-state index is 13.0. The highest BCUT2D eigenvalue weighted by molar-refractivity contribution is 7.98. The average Bonchev–Trinajstić information content (AvgIpc) is 3.59. The lowest BCUT2D eigenvalue weighted by molar-refractivity contribution is -0.144. The Morgan fingerprint density at radius 2 is 1.59 bits per heavy atom. The molecule has 3 aromatic carbocycles. The van der Waals surface area contributed by atoms with Crippen LogP contribution in [0.5, 0.6) is 5.75 Å². The third-order valence-corrected chi connectivity index (χ3v) is 7.72. The second kappa shape index (κ2) is 10.5. The van der Waals surface area contributed by atoms with Crippen LogP contribution in [0, 0.1) is 0 Å². The maximum Gasteiger partial charge on any atom is 0.449 e. The molecule has 5 aromatic rings. The van der Waals surface area contributed by atoms with Gasteiger partial charge in [-0.25, -0.2) is 9.97 Å². The van der Waals surface area contributed by atoms with Crippen molar-refractivity contribution in [2.75, 3.05) is 50.5 Å². The number of nitrogens with one attached hydrogen (secondary N) is 2. The lowest BCUT2D eigenvalue weighted by Crippen LogP contribution is -2.47. The summed E-state index contributed by atoms with van der Waals surface area (Å²) in [6.45, 7) is 4.40. The molecule has 39 heavy (non-hydrogen) atoms. The molecule has 2 N–H and O–H groups in total. The standard InChI is InChI=1S/C28H27F3N6OS/c1-39-19-10-8-18(9-11-19)26-32-20-4-2-6-22(24(20)34-26)37-14-12-36(13-15-37)16-17-38-23-7-3-5-21-25(23)35-27(33-21)28(29,30)31/h2-11H,12-17H2,1H3,(H,32,34)(H,33,35). The van der Waals surface area contributed by atoms with Crippen molar-refractivity contribution in [2.24, 2.45) is 0 Å². The van der Waals surface area contributed by atoms with Crippen LogP contribution in [0.1, 0.15) is 5.82 Å². The summed E-state index contributed by atoms with van der Waals surface area (Å²) >= 11 is 1.71. The van der Waals surface area contributed by atoms with Crippen LogP contribution in [0.15, 0.2) is 65.6 Å². The second-order valence-electron chi connectivity index (χ2n) is 9.40. The summed E-state index contributed by atoms with van der Waals surface area (Å²) in [4.78, 5) is 20.3. The van der Waals surface area contributed by atoms with Crippen molar-refractivity contribution in [3.05, 3.63) is 66.5 Å². The predicted octanol–water partition coefficient (Wildman–Crippen LogP) is 6.05. The van der Waals surface area contributed by atoms with E-state index in [0.717, 1.165) is 54.3 Å². The van der Waals surface area contributed by atoms with E-state index < -0.39 is 12.0 Å². The molecule has 3 heterocycles. The smallest absolute Gasteiger partial charge is 0.449 e. The monoisotopic (exact) mass is 552 g/mol. The molecule has 0 saturated carbocycles. The van der Waals surface area contributed by atoms with E-state index in [1.54, 1.807) is 30.0 Å². The molecule has 0 aliphatic carbocycles. The first-order chi connectivity index (χ1) is 18.9. The minimum atomic E-state index is -4.53. The number of piperazine rings is 1. The Labute approximate surface area is 227 Å². The molecule has 1 fully saturated rings. The van der Waals surface area contributed by atoms with Crippen LogP contribution in [0.3, 0.4) is 0 Å². The van der Waals surface area contributed by atoms with Gasteiger partial charge in [-0.05, 0) is 42.7 Å². The Balaban J connectivity index is 1.08. The van der Waals surface area contributed by atoms with Gasteiger partial charge in [0.2, 0.25) is 5.82 Å². The molecule has 0 atom stereocenters. The van der Waals surface area contributed by atoms with Gasteiger partial charge in [0.05, 0.1) is 16.7 Å². The summed E-state index contributed by atoms with van der Waals surface area (Å²) < 4.78 is 45.0. The number of alkyl halides is 3. The van der Waals surface area contributed by atoms with Crippen LogP contribution in [0.25, 0.3) is 33.5 Å². The molecule has 1 aliphatic rings. The van der Waals surface area contributed by atoms with Gasteiger partial charge in [0, 0.05) is 43.2 Å². The summed E-state index contributed by atoms with van der Waals surface area (Å²) in [5.74, 6) is 0.189. The molecule has 0 amide bonds. The predicted molar refractivity (Wildman–Crippen MR) is 149 cm³/mol. The van der Waals surface area contributed by atoms with Crippen LogP contribution in [0.2, 0.25) is 0 Å². The zero-order valence-electron chi connectivity index (χ0n) is 21.3. The van der Waals surface area contributed by atoms with E-state index in [1.807, 2.05) is 0 Å². The molecule has 0 unspecified atom stereocenters. The quantitative estimate of drug-likeness (QED) is 0.240. The van der Waals surface area contributed by atoms with Crippen molar-refractivity contribution in [1.82, 2.24) is 24.8 Å². The number of anilines is 1. The van der Waals surface area contributed by atoms with Crippen molar-refractivity contribution in [2.45, 2.75) is 11.1 Å². The minimum absolute atomic E-state index is 0.196. The van der Waals surface area contributed by atoms with Gasteiger partial charge in [-0.15, -0.1) is 11.8 Å². The number of halogens is 3. The van der Waals surface area contributed by atoms with Crippen LogP contribution in [0.4, 0.5) is 18.9 Å². The number of nitrogens with zero attached hydrogens (tertiary/aromatic N) is 4. The maximum atomic E-state index is 13.0. The SMILES string of the molecule is CSc1ccc(-c2nc3c(N4CCN(CCOc5cccc6[nH]c(C(F)(F)F)nc56)CC4)cccc3[nH]2)cc1. The average molecular weight is 553 g/mol. The van der Waals surface area contributed by atoms with Gasteiger partial charge in [-0.1, -0.05) is 24.3 Å². The third-order valence-electron chi connectivity index (χ3n) is 6.98. The van der Waals surface area contributed by atoms with Gasteiger partial charge in [0.1, 0.15) is 29.2 Å². The first-order valence-electron chi connectivity index (χ1n) is 12.7. The molecule has 1 saturated heterocycles. The molecule has 202 valence electrons. The van der Waals surface area contributed by atoms with Crippen LogP contribution in [-0.4, -0.2) is 70.4 Å². The van der Waals surface area contributed by atoms with Gasteiger partial charge in [-0.2, -0.15) is 13.2 Å². The molecule has 11 heteroatoms. The van der Waals surface area contributed by atoms with E-state index in [2.05, 4.69) is 73.5 Å². The summed E-state index contributed by atoms with van der Waals surface area (Å²) in [5.41, 5.74) is 4.64. The van der Waals surface area contributed by atoms with Gasteiger partial charge in [0.25, 0.3) is 0 Å². The first kappa shape index (κ1) is 25.6. The van der Waals surface area contributed by atoms with Crippen LogP contribution >= 0.6 is 11.8 Å². The Morgan fingerprint density at radius 1 is 0.872 bits per heavy atom. The fourth-order valence-corrected chi connectivity index (χ4v) is 5.32. The molecule has 7 nitrogen and oxygen atoms in total. The van der Waals surface area contributed by atoms with E-state index in [0.29, 0.717) is 24.4 Å². The zero-order chi connectivity index (χ0) is 27.0. The van der Waals surface area contributed by atoms with Gasteiger partial charge >= 0.3 is 6.18 Å². The number of imidazole rings is 2. The second-order valence-corrected chi connectivity index (χ2v) is 10.3. The van der Waals surface area contributed by atoms with E-state index in [4.69, 9.17) is 9.72 Å².